The number of carbonyl (C=O) groups excluding carboxylic acids is 1. The minimum atomic E-state index is -0.0236. The van der Waals surface area contributed by atoms with Crippen LogP contribution in [-0.4, -0.2) is 43.6 Å². The van der Waals surface area contributed by atoms with Crippen molar-refractivity contribution >= 4 is 22.8 Å². The van der Waals surface area contributed by atoms with Gasteiger partial charge in [-0.05, 0) is 56.2 Å². The molecule has 0 aliphatic carbocycles. The van der Waals surface area contributed by atoms with Crippen molar-refractivity contribution in [3.8, 4) is 22.8 Å². The maximum Gasteiger partial charge on any atom is 0.248 e. The minimum Gasteiger partial charge on any atom is -0.457 e. The average molecular weight is 455 g/mol. The van der Waals surface area contributed by atoms with Gasteiger partial charge >= 0.3 is 0 Å². The summed E-state index contributed by atoms with van der Waals surface area (Å²) in [5, 5.41) is 5.64. The number of aromatic nitrogens is 4. The predicted octanol–water partition coefficient (Wildman–Crippen LogP) is 4.61. The van der Waals surface area contributed by atoms with E-state index in [1.54, 1.807) is 6.92 Å². The van der Waals surface area contributed by atoms with Gasteiger partial charge in [0, 0.05) is 24.2 Å². The Labute approximate surface area is 197 Å². The molecule has 1 aliphatic heterocycles. The van der Waals surface area contributed by atoms with Gasteiger partial charge in [-0.1, -0.05) is 24.8 Å². The second kappa shape index (κ2) is 8.97. The summed E-state index contributed by atoms with van der Waals surface area (Å²) in [7, 11) is 0. The van der Waals surface area contributed by atoms with E-state index < -0.39 is 0 Å². The summed E-state index contributed by atoms with van der Waals surface area (Å²) >= 11 is 0. The van der Waals surface area contributed by atoms with Gasteiger partial charge in [-0.3, -0.25) is 4.79 Å². The molecule has 172 valence electrons. The summed E-state index contributed by atoms with van der Waals surface area (Å²) in [6, 6.07) is 17.3. The molecular formula is C26H26N6O2. The van der Waals surface area contributed by atoms with Crippen molar-refractivity contribution in [1.82, 2.24) is 24.6 Å². The second-order valence-electron chi connectivity index (χ2n) is 8.52. The van der Waals surface area contributed by atoms with Crippen LogP contribution in [0.5, 0.6) is 11.5 Å². The molecule has 2 N–H and O–H groups in total. The molecule has 5 rings (SSSR count). The third-order valence-electron chi connectivity index (χ3n) is 6.02. The number of piperidine rings is 1. The van der Waals surface area contributed by atoms with E-state index >= 15 is 0 Å². The molecule has 0 spiro atoms. The summed E-state index contributed by atoms with van der Waals surface area (Å²) in [6.45, 7) is 6.82. The van der Waals surface area contributed by atoms with Crippen LogP contribution in [0.4, 0.5) is 5.82 Å². The van der Waals surface area contributed by atoms with Gasteiger partial charge in [-0.15, -0.1) is 0 Å². The van der Waals surface area contributed by atoms with Crippen molar-refractivity contribution < 1.29 is 9.53 Å². The molecule has 34 heavy (non-hydrogen) atoms. The van der Waals surface area contributed by atoms with Crippen molar-refractivity contribution in [2.75, 3.05) is 18.8 Å². The largest absolute Gasteiger partial charge is 0.457 e. The minimum absolute atomic E-state index is 0.0108. The summed E-state index contributed by atoms with van der Waals surface area (Å²) in [6.07, 6.45) is 3.23. The van der Waals surface area contributed by atoms with Crippen LogP contribution in [-0.2, 0) is 4.79 Å². The third-order valence-corrected chi connectivity index (χ3v) is 6.02. The molecule has 0 unspecified atom stereocenters. The van der Waals surface area contributed by atoms with Crippen LogP contribution in [0.1, 0.15) is 25.8 Å². The van der Waals surface area contributed by atoms with E-state index in [2.05, 4.69) is 16.5 Å². The van der Waals surface area contributed by atoms with Gasteiger partial charge in [-0.2, -0.15) is 5.10 Å². The van der Waals surface area contributed by atoms with Gasteiger partial charge in [0.1, 0.15) is 29.3 Å². The number of ether oxygens (including phenoxy) is 1. The average Bonchev–Trinajstić information content (AvgIpc) is 3.26. The normalized spacial score (nSPS) is 15.9. The highest BCUT2D eigenvalue weighted by molar-refractivity contribution is 5.98. The Morgan fingerprint density at radius 3 is 2.56 bits per heavy atom. The van der Waals surface area contributed by atoms with E-state index in [0.717, 1.165) is 29.9 Å². The molecule has 4 aromatic rings. The van der Waals surface area contributed by atoms with Gasteiger partial charge in [0.2, 0.25) is 5.91 Å². The molecule has 1 atom stereocenters. The molecule has 0 bridgehead atoms. The van der Waals surface area contributed by atoms with E-state index in [1.807, 2.05) is 64.2 Å². The van der Waals surface area contributed by atoms with Crippen molar-refractivity contribution in [3.63, 3.8) is 0 Å². The number of benzene rings is 2. The first-order valence-corrected chi connectivity index (χ1v) is 11.3. The highest BCUT2D eigenvalue weighted by atomic mass is 16.5. The highest BCUT2D eigenvalue weighted by Crippen LogP contribution is 2.35. The number of rotatable bonds is 5. The van der Waals surface area contributed by atoms with E-state index in [0.29, 0.717) is 41.2 Å². The number of para-hydroxylation sites is 1. The monoisotopic (exact) mass is 454 g/mol. The Morgan fingerprint density at radius 2 is 1.82 bits per heavy atom. The number of nitrogen functional groups attached to an aromatic ring is 1. The Hall–Kier alpha value is -4.20. The molecule has 2 aromatic carbocycles. The topological polar surface area (TPSA) is 99.2 Å². The zero-order valence-corrected chi connectivity index (χ0v) is 19.0. The van der Waals surface area contributed by atoms with Crippen molar-refractivity contribution in [3.05, 3.63) is 73.1 Å². The van der Waals surface area contributed by atoms with Crippen molar-refractivity contribution in [2.24, 2.45) is 0 Å². The zero-order valence-electron chi connectivity index (χ0n) is 19.0. The molecule has 1 fully saturated rings. The predicted molar refractivity (Wildman–Crippen MR) is 131 cm³/mol. The molecule has 8 heteroatoms. The molecule has 1 saturated heterocycles. The van der Waals surface area contributed by atoms with E-state index in [9.17, 15) is 4.79 Å². The van der Waals surface area contributed by atoms with Crippen LogP contribution in [0, 0.1) is 0 Å². The van der Waals surface area contributed by atoms with Crippen LogP contribution >= 0.6 is 0 Å². The SMILES string of the molecule is C=C(C)C(=O)N1CCC[C@@H](n2nc(-c3ccc(Oc4ccccc4)cc3)c3c(N)ncnc32)C1. The number of anilines is 1. The molecule has 0 saturated carbocycles. The lowest BCUT2D eigenvalue weighted by Crippen LogP contribution is -2.41. The maximum atomic E-state index is 12.5. The number of hydrogen-bond acceptors (Lipinski definition) is 6. The zero-order chi connectivity index (χ0) is 23.7. The molecule has 1 amide bonds. The summed E-state index contributed by atoms with van der Waals surface area (Å²) in [5.41, 5.74) is 9.08. The second-order valence-corrected chi connectivity index (χ2v) is 8.52. The Balaban J connectivity index is 1.49. The van der Waals surface area contributed by atoms with Crippen LogP contribution in [0.3, 0.4) is 0 Å². The molecule has 8 nitrogen and oxygen atoms in total. The summed E-state index contributed by atoms with van der Waals surface area (Å²) in [4.78, 5) is 23.1. The fourth-order valence-electron chi connectivity index (χ4n) is 4.37. The number of carbonyl (C=O) groups is 1. The number of likely N-dealkylation sites (tertiary alicyclic amines) is 1. The lowest BCUT2D eigenvalue weighted by Gasteiger charge is -2.33. The fraction of sp³-hybridized carbons (Fsp3) is 0.231. The van der Waals surface area contributed by atoms with E-state index in [1.165, 1.54) is 6.33 Å². The smallest absolute Gasteiger partial charge is 0.248 e. The lowest BCUT2D eigenvalue weighted by atomic mass is 10.0. The van der Waals surface area contributed by atoms with Crippen LogP contribution in [0.15, 0.2) is 73.1 Å². The Kier molecular flexibility index (Phi) is 5.71. The van der Waals surface area contributed by atoms with Crippen molar-refractivity contribution in [2.45, 2.75) is 25.8 Å². The Morgan fingerprint density at radius 1 is 1.09 bits per heavy atom. The fourth-order valence-corrected chi connectivity index (χ4v) is 4.37. The van der Waals surface area contributed by atoms with Gasteiger partial charge in [0.15, 0.2) is 5.65 Å². The number of nitrogens with zero attached hydrogens (tertiary/aromatic N) is 5. The van der Waals surface area contributed by atoms with E-state index in [4.69, 9.17) is 15.6 Å². The Bertz CT molecular complexity index is 1350. The lowest BCUT2D eigenvalue weighted by molar-refractivity contribution is -0.128. The molecule has 1 aliphatic rings. The first-order valence-electron chi connectivity index (χ1n) is 11.3. The molecule has 3 heterocycles. The summed E-state index contributed by atoms with van der Waals surface area (Å²) < 4.78 is 7.81. The van der Waals surface area contributed by atoms with Gasteiger partial charge in [0.05, 0.1) is 11.4 Å². The first kappa shape index (κ1) is 21.6. The molecular weight excluding hydrogens is 428 g/mol. The molecule has 2 aromatic heterocycles. The van der Waals surface area contributed by atoms with Crippen LogP contribution in [0.25, 0.3) is 22.3 Å². The standard InChI is InChI=1S/C26H26N6O2/c1-17(2)26(33)31-14-6-7-19(15-31)32-25-22(24(27)28-16-29-25)23(30-32)18-10-12-21(13-11-18)34-20-8-4-3-5-9-20/h3-5,8-13,16,19H,1,6-7,14-15H2,2H3,(H2,27,28,29)/t19-/m1/s1. The first-order chi connectivity index (χ1) is 16.5. The van der Waals surface area contributed by atoms with E-state index in [-0.39, 0.29) is 11.9 Å². The number of hydrogen-bond donors (Lipinski definition) is 1. The van der Waals surface area contributed by atoms with Crippen molar-refractivity contribution in [1.29, 1.82) is 0 Å². The quantitative estimate of drug-likeness (QED) is 0.442. The maximum absolute atomic E-state index is 12.5. The molecule has 0 radical (unpaired) electrons. The van der Waals surface area contributed by atoms with Gasteiger partial charge in [-0.25, -0.2) is 14.6 Å². The number of fused-ring (bicyclic) bond motifs is 1. The highest BCUT2D eigenvalue weighted by Gasteiger charge is 2.28. The summed E-state index contributed by atoms with van der Waals surface area (Å²) in [5.74, 6) is 1.85. The number of amides is 1. The van der Waals surface area contributed by atoms with Crippen LogP contribution < -0.4 is 10.5 Å². The van der Waals surface area contributed by atoms with Gasteiger partial charge < -0.3 is 15.4 Å². The third kappa shape index (κ3) is 4.10. The van der Waals surface area contributed by atoms with Crippen LogP contribution in [0.2, 0.25) is 0 Å². The number of nitrogens with two attached hydrogens (primary N) is 1. The van der Waals surface area contributed by atoms with Gasteiger partial charge in [0.25, 0.3) is 0 Å².